The highest BCUT2D eigenvalue weighted by Gasteiger charge is 2.33. The topological polar surface area (TPSA) is 192 Å². The van der Waals surface area contributed by atoms with Gasteiger partial charge in [-0.2, -0.15) is 0 Å². The Morgan fingerprint density at radius 2 is 1.97 bits per heavy atom. The van der Waals surface area contributed by atoms with Crippen molar-refractivity contribution in [2.24, 2.45) is 5.92 Å². The van der Waals surface area contributed by atoms with Crippen LogP contribution in [0.4, 0.5) is 0 Å². The summed E-state index contributed by atoms with van der Waals surface area (Å²) < 4.78 is 11.1. The number of carboxylic acid groups (broad SMARTS) is 1. The number of allylic oxidation sites excluding steroid dienone is 2. The molecule has 0 aromatic carbocycles. The van der Waals surface area contributed by atoms with E-state index in [0.717, 1.165) is 22.8 Å². The molecule has 1 aromatic rings. The Bertz CT molecular complexity index is 937. The molecule has 0 saturated carbocycles. The molecule has 1 unspecified atom stereocenters. The zero-order valence-electron chi connectivity index (χ0n) is 19.4. The van der Waals surface area contributed by atoms with Gasteiger partial charge >= 0.3 is 13.3 Å². The SMILES string of the molecule is CC(C)C[C@@H](C(=O)O)N(NC(=O)CCC1=COC2CCOC2=C1)C(=O)c1cnccn1.OB(O)O. The van der Waals surface area contributed by atoms with Crippen molar-refractivity contribution in [1.82, 2.24) is 20.4 Å². The average molecular weight is 492 g/mol. The van der Waals surface area contributed by atoms with Crippen LogP contribution < -0.4 is 5.43 Å². The van der Waals surface area contributed by atoms with Crippen molar-refractivity contribution in [2.75, 3.05) is 6.61 Å². The summed E-state index contributed by atoms with van der Waals surface area (Å²) in [5.74, 6) is -1.73. The molecule has 2 aliphatic rings. The van der Waals surface area contributed by atoms with E-state index in [-0.39, 0.29) is 30.6 Å². The number of aliphatic carboxylic acids is 1. The standard InChI is InChI=1S/C21H26N4O6.BH3O3/c1-13(2)9-16(21(28)29)25(20(27)15-11-22-6-7-23-15)24-19(26)4-3-14-10-18-17(31-12-14)5-8-30-18;2-1(3)4/h6-7,10-13,16-17H,3-5,8-9H2,1-2H3,(H,24,26)(H,28,29);2-4H/t16-,17?;/m0./s1. The van der Waals surface area contributed by atoms with E-state index < -0.39 is 31.1 Å². The lowest BCUT2D eigenvalue weighted by Gasteiger charge is -2.30. The summed E-state index contributed by atoms with van der Waals surface area (Å²) in [6.45, 7) is 4.28. The normalized spacial score (nSPS) is 16.8. The molecule has 14 heteroatoms. The highest BCUT2D eigenvalue weighted by molar-refractivity contribution is 6.30. The van der Waals surface area contributed by atoms with Crippen molar-refractivity contribution in [2.45, 2.75) is 51.7 Å². The maximum atomic E-state index is 12.9. The Kier molecular flexibility index (Phi) is 10.6. The van der Waals surface area contributed by atoms with Crippen molar-refractivity contribution in [1.29, 1.82) is 0 Å². The van der Waals surface area contributed by atoms with E-state index in [0.29, 0.717) is 13.0 Å². The molecular weight excluding hydrogens is 463 g/mol. The molecule has 2 amide bonds. The largest absolute Gasteiger partial charge is 0.631 e. The fourth-order valence-electron chi connectivity index (χ4n) is 3.32. The lowest BCUT2D eigenvalue weighted by Crippen LogP contribution is -2.55. The fraction of sp³-hybridized carbons (Fsp3) is 0.476. The average Bonchev–Trinajstić information content (AvgIpc) is 3.27. The summed E-state index contributed by atoms with van der Waals surface area (Å²) in [6, 6.07) is -1.24. The summed E-state index contributed by atoms with van der Waals surface area (Å²) in [6.07, 6.45) is 8.68. The zero-order chi connectivity index (χ0) is 26.0. The van der Waals surface area contributed by atoms with E-state index in [1.807, 2.05) is 19.9 Å². The van der Waals surface area contributed by atoms with Crippen LogP contribution in [0.15, 0.2) is 42.3 Å². The Labute approximate surface area is 202 Å². The van der Waals surface area contributed by atoms with Crippen LogP contribution in [0.3, 0.4) is 0 Å². The minimum absolute atomic E-state index is 0.0225. The van der Waals surface area contributed by atoms with E-state index in [1.54, 1.807) is 6.26 Å². The third kappa shape index (κ3) is 9.00. The highest BCUT2D eigenvalue weighted by Crippen LogP contribution is 2.28. The maximum Gasteiger partial charge on any atom is 0.631 e. The van der Waals surface area contributed by atoms with Crippen LogP contribution in [0.1, 0.15) is 50.0 Å². The quantitative estimate of drug-likeness (QED) is 0.238. The van der Waals surface area contributed by atoms with Crippen molar-refractivity contribution in [3.05, 3.63) is 48.0 Å². The number of amides is 2. The van der Waals surface area contributed by atoms with Crippen molar-refractivity contribution < 1.29 is 44.0 Å². The summed E-state index contributed by atoms with van der Waals surface area (Å²) in [4.78, 5) is 45.2. The minimum Gasteiger partial charge on any atom is -0.494 e. The van der Waals surface area contributed by atoms with Gasteiger partial charge in [-0.15, -0.1) is 0 Å². The number of nitrogens with one attached hydrogen (secondary N) is 1. The van der Waals surface area contributed by atoms with Gasteiger partial charge in [0.05, 0.1) is 19.1 Å². The zero-order valence-corrected chi connectivity index (χ0v) is 19.4. The van der Waals surface area contributed by atoms with E-state index in [1.165, 1.54) is 18.6 Å². The second-order valence-corrected chi connectivity index (χ2v) is 8.13. The first-order chi connectivity index (χ1) is 16.6. The van der Waals surface area contributed by atoms with Crippen molar-refractivity contribution >= 4 is 25.1 Å². The van der Waals surface area contributed by atoms with Gasteiger partial charge in [-0.05, 0) is 30.4 Å². The third-order valence-electron chi connectivity index (χ3n) is 4.86. The second-order valence-electron chi connectivity index (χ2n) is 8.13. The first-order valence-corrected chi connectivity index (χ1v) is 10.9. The first-order valence-electron chi connectivity index (χ1n) is 10.9. The molecule has 190 valence electrons. The highest BCUT2D eigenvalue weighted by atomic mass is 16.5. The van der Waals surface area contributed by atoms with Crippen LogP contribution >= 0.6 is 0 Å². The fourth-order valence-corrected chi connectivity index (χ4v) is 3.32. The number of carbonyl (C=O) groups is 3. The molecule has 2 aliphatic heterocycles. The maximum absolute atomic E-state index is 12.9. The number of fused-ring (bicyclic) bond motifs is 1. The smallest absolute Gasteiger partial charge is 0.494 e. The van der Waals surface area contributed by atoms with Gasteiger partial charge in [-0.1, -0.05) is 13.8 Å². The van der Waals surface area contributed by atoms with Crippen LogP contribution in [0.2, 0.25) is 0 Å². The molecule has 0 radical (unpaired) electrons. The number of hydrogen-bond donors (Lipinski definition) is 5. The number of carbonyl (C=O) groups excluding carboxylic acids is 2. The van der Waals surface area contributed by atoms with Crippen molar-refractivity contribution in [3.63, 3.8) is 0 Å². The summed E-state index contributed by atoms with van der Waals surface area (Å²) >= 11 is 0. The Morgan fingerprint density at radius 1 is 1.26 bits per heavy atom. The molecule has 3 heterocycles. The van der Waals surface area contributed by atoms with Crippen molar-refractivity contribution in [3.8, 4) is 0 Å². The number of hydrogen-bond acceptors (Lipinski definition) is 10. The summed E-state index contributed by atoms with van der Waals surface area (Å²) in [7, 11) is -2.17. The third-order valence-corrected chi connectivity index (χ3v) is 4.86. The van der Waals surface area contributed by atoms with E-state index in [9.17, 15) is 19.5 Å². The lowest BCUT2D eigenvalue weighted by atomic mass is 10.0. The number of carboxylic acids is 1. The van der Waals surface area contributed by atoms with Gasteiger partial charge in [0.25, 0.3) is 5.91 Å². The molecule has 35 heavy (non-hydrogen) atoms. The predicted octanol–water partition coefficient (Wildman–Crippen LogP) is -0.235. The molecule has 0 spiro atoms. The number of nitrogens with zero attached hydrogens (tertiary/aromatic N) is 3. The summed E-state index contributed by atoms with van der Waals surface area (Å²) in [5.41, 5.74) is 3.19. The van der Waals surface area contributed by atoms with E-state index in [2.05, 4.69) is 15.4 Å². The Hall–Kier alpha value is -3.49. The molecule has 1 aromatic heterocycles. The number of aromatic nitrogens is 2. The number of rotatable bonds is 8. The number of ether oxygens (including phenoxy) is 2. The van der Waals surface area contributed by atoms with Gasteiger partial charge in [0, 0.05) is 25.2 Å². The monoisotopic (exact) mass is 492 g/mol. The van der Waals surface area contributed by atoms with E-state index >= 15 is 0 Å². The Balaban J connectivity index is 0.00000100. The first kappa shape index (κ1) is 27.8. The minimum atomic E-state index is -2.17. The van der Waals surface area contributed by atoms with Gasteiger partial charge in [0.2, 0.25) is 5.91 Å². The molecule has 3 rings (SSSR count). The van der Waals surface area contributed by atoms with Gasteiger partial charge in [-0.25, -0.2) is 14.8 Å². The Morgan fingerprint density at radius 3 is 2.57 bits per heavy atom. The number of hydrazine groups is 1. The van der Waals surface area contributed by atoms with Crippen LogP contribution in [-0.4, -0.2) is 79.0 Å². The van der Waals surface area contributed by atoms with Crippen LogP contribution in [0.5, 0.6) is 0 Å². The molecular formula is C21H29BN4O9. The van der Waals surface area contributed by atoms with Crippen LogP contribution in [0, 0.1) is 5.92 Å². The van der Waals surface area contributed by atoms with Gasteiger partial charge in [-0.3, -0.25) is 20.0 Å². The van der Waals surface area contributed by atoms with Gasteiger partial charge in [0.15, 0.2) is 12.1 Å². The molecule has 0 bridgehead atoms. The van der Waals surface area contributed by atoms with Gasteiger partial charge < -0.3 is 29.7 Å². The molecule has 2 atom stereocenters. The molecule has 0 aliphatic carbocycles. The van der Waals surface area contributed by atoms with E-state index in [4.69, 9.17) is 24.5 Å². The van der Waals surface area contributed by atoms with Gasteiger partial charge in [0.1, 0.15) is 11.5 Å². The predicted molar refractivity (Wildman–Crippen MR) is 120 cm³/mol. The molecule has 13 nitrogen and oxygen atoms in total. The lowest BCUT2D eigenvalue weighted by molar-refractivity contribution is -0.145. The molecule has 1 fully saturated rings. The molecule has 5 N–H and O–H groups in total. The van der Waals surface area contributed by atoms with Crippen LogP contribution in [0.25, 0.3) is 0 Å². The second kappa shape index (κ2) is 13.4. The molecule has 1 saturated heterocycles. The summed E-state index contributed by atoms with van der Waals surface area (Å²) in [5, 5.41) is 32.0. The van der Waals surface area contributed by atoms with Crippen LogP contribution in [-0.2, 0) is 19.1 Å².